The van der Waals surface area contributed by atoms with Gasteiger partial charge in [-0.2, -0.15) is 0 Å². The second kappa shape index (κ2) is 10.5. The van der Waals surface area contributed by atoms with Crippen molar-refractivity contribution in [1.29, 1.82) is 0 Å². The molecule has 2 heterocycles. The molecule has 0 atom stereocenters. The first-order valence-corrected chi connectivity index (χ1v) is 11.6. The normalized spacial score (nSPS) is 15.5. The molecule has 1 aromatic heterocycles. The van der Waals surface area contributed by atoms with E-state index in [2.05, 4.69) is 26.7 Å². The van der Waals surface area contributed by atoms with Gasteiger partial charge in [0.15, 0.2) is 0 Å². The third kappa shape index (κ3) is 6.69. The van der Waals surface area contributed by atoms with E-state index in [0.29, 0.717) is 28.0 Å². The third-order valence-corrected chi connectivity index (χ3v) is 6.21. The number of aliphatic hydroxyl groups is 1. The summed E-state index contributed by atoms with van der Waals surface area (Å²) in [6.07, 6.45) is 4.90. The van der Waals surface area contributed by atoms with Crippen LogP contribution in [0, 0.1) is 11.8 Å². The summed E-state index contributed by atoms with van der Waals surface area (Å²) < 4.78 is 5.86. The van der Waals surface area contributed by atoms with Crippen LogP contribution in [0.25, 0.3) is 11.3 Å². The minimum Gasteiger partial charge on any atom is -0.492 e. The lowest BCUT2D eigenvalue weighted by Crippen LogP contribution is -2.43. The van der Waals surface area contributed by atoms with E-state index in [0.717, 1.165) is 49.4 Å². The molecule has 1 aliphatic rings. The fourth-order valence-corrected chi connectivity index (χ4v) is 4.06. The summed E-state index contributed by atoms with van der Waals surface area (Å²) in [4.78, 5) is 11.1. The minimum absolute atomic E-state index is 0.522. The van der Waals surface area contributed by atoms with E-state index in [1.54, 1.807) is 24.5 Å². The van der Waals surface area contributed by atoms with Crippen LogP contribution >= 0.6 is 23.2 Å². The highest BCUT2D eigenvalue weighted by atomic mass is 35.5. The fourth-order valence-electron chi connectivity index (χ4n) is 3.55. The zero-order valence-corrected chi connectivity index (χ0v) is 19.9. The van der Waals surface area contributed by atoms with Crippen molar-refractivity contribution in [1.82, 2.24) is 14.9 Å². The molecule has 1 saturated heterocycles. The largest absolute Gasteiger partial charge is 0.492 e. The number of hydrogen-bond donors (Lipinski definition) is 1. The molecule has 0 amide bonds. The Morgan fingerprint density at radius 1 is 1.03 bits per heavy atom. The summed E-state index contributed by atoms with van der Waals surface area (Å²) in [7, 11) is 0. The quantitative estimate of drug-likeness (QED) is 0.515. The molecule has 5 nitrogen and oxygen atoms in total. The van der Waals surface area contributed by atoms with E-state index >= 15 is 0 Å². The highest BCUT2D eigenvalue weighted by Gasteiger charge is 2.26. The third-order valence-electron chi connectivity index (χ3n) is 5.66. The average molecular weight is 482 g/mol. The smallest absolute Gasteiger partial charge is 0.131 e. The molecule has 1 N–H and O–H groups in total. The van der Waals surface area contributed by atoms with Crippen molar-refractivity contribution in [2.75, 3.05) is 26.2 Å². The zero-order chi connectivity index (χ0) is 23.3. The number of ether oxygens (including phenoxy) is 1. The lowest BCUT2D eigenvalue weighted by molar-refractivity contribution is -0.00768. The monoisotopic (exact) mass is 481 g/mol. The maximum absolute atomic E-state index is 10.0. The highest BCUT2D eigenvalue weighted by Crippen LogP contribution is 2.28. The van der Waals surface area contributed by atoms with Crippen molar-refractivity contribution < 1.29 is 9.84 Å². The molecule has 0 spiro atoms. The van der Waals surface area contributed by atoms with Crippen molar-refractivity contribution in [2.24, 2.45) is 0 Å². The van der Waals surface area contributed by atoms with E-state index in [-0.39, 0.29) is 0 Å². The van der Waals surface area contributed by atoms with Gasteiger partial charge in [-0.05, 0) is 68.2 Å². The second-order valence-corrected chi connectivity index (χ2v) is 9.22. The lowest BCUT2D eigenvalue weighted by Gasteiger charge is -2.35. The first-order valence-electron chi connectivity index (χ1n) is 10.9. The molecular formula is C26H25Cl2N3O2. The Hall–Kier alpha value is -2.62. The second-order valence-electron chi connectivity index (χ2n) is 8.37. The van der Waals surface area contributed by atoms with Gasteiger partial charge in [0.25, 0.3) is 0 Å². The molecule has 170 valence electrons. The van der Waals surface area contributed by atoms with Gasteiger partial charge in [-0.25, -0.2) is 4.98 Å². The Morgan fingerprint density at radius 3 is 2.45 bits per heavy atom. The van der Waals surface area contributed by atoms with E-state index < -0.39 is 5.60 Å². The zero-order valence-electron chi connectivity index (χ0n) is 18.4. The van der Waals surface area contributed by atoms with Crippen LogP contribution in [0.15, 0.2) is 54.9 Å². The summed E-state index contributed by atoms with van der Waals surface area (Å²) in [5, 5.41) is 11.1. The van der Waals surface area contributed by atoms with Gasteiger partial charge in [0.05, 0.1) is 28.7 Å². The fraction of sp³-hybridized carbons (Fsp3) is 0.308. The van der Waals surface area contributed by atoms with Crippen LogP contribution < -0.4 is 4.74 Å². The summed E-state index contributed by atoms with van der Waals surface area (Å²) in [6.45, 7) is 5.19. The number of nitrogens with zero attached hydrogens (tertiary/aromatic N) is 3. The number of rotatable bonds is 5. The SMILES string of the molecule is CC1(O)CCN(CCOc2ccc(C#Cc3cnc(-c4ccc(Cl)cc4Cl)cn3)cc2)CC1. The first-order chi connectivity index (χ1) is 15.9. The lowest BCUT2D eigenvalue weighted by atomic mass is 9.94. The van der Waals surface area contributed by atoms with Crippen molar-refractivity contribution in [3.05, 3.63) is 76.2 Å². The predicted molar refractivity (Wildman–Crippen MR) is 132 cm³/mol. The van der Waals surface area contributed by atoms with E-state index in [1.165, 1.54) is 0 Å². The van der Waals surface area contributed by atoms with Gasteiger partial charge in [0, 0.05) is 35.8 Å². The van der Waals surface area contributed by atoms with Gasteiger partial charge in [0.2, 0.25) is 0 Å². The topological polar surface area (TPSA) is 58.5 Å². The van der Waals surface area contributed by atoms with Gasteiger partial charge in [-0.15, -0.1) is 0 Å². The summed E-state index contributed by atoms with van der Waals surface area (Å²) in [6, 6.07) is 13.0. The predicted octanol–water partition coefficient (Wildman–Crippen LogP) is 5.08. The van der Waals surface area contributed by atoms with E-state index in [4.69, 9.17) is 27.9 Å². The maximum Gasteiger partial charge on any atom is 0.131 e. The van der Waals surface area contributed by atoms with Crippen molar-refractivity contribution >= 4 is 23.2 Å². The van der Waals surface area contributed by atoms with Crippen LogP contribution in [0.2, 0.25) is 10.0 Å². The summed E-state index contributed by atoms with van der Waals surface area (Å²) >= 11 is 12.2. The number of hydrogen-bond acceptors (Lipinski definition) is 5. The Balaban J connectivity index is 1.29. The molecule has 0 saturated carbocycles. The summed E-state index contributed by atoms with van der Waals surface area (Å²) in [5.41, 5.74) is 2.36. The molecule has 33 heavy (non-hydrogen) atoms. The first kappa shape index (κ1) is 23.5. The van der Waals surface area contributed by atoms with E-state index in [9.17, 15) is 5.11 Å². The van der Waals surface area contributed by atoms with Gasteiger partial charge in [-0.3, -0.25) is 9.88 Å². The highest BCUT2D eigenvalue weighted by molar-refractivity contribution is 6.36. The standard InChI is InChI=1S/C26H25Cl2N3O2/c1-26(32)10-12-31(13-11-26)14-15-33-22-7-3-19(4-8-22)2-6-21-17-30-25(18-29-21)23-9-5-20(27)16-24(23)28/h3-5,7-9,16-18,32H,10-15H2,1H3. The molecule has 1 aliphatic heterocycles. The number of piperidine rings is 1. The number of benzene rings is 2. The Morgan fingerprint density at radius 2 is 1.79 bits per heavy atom. The van der Waals surface area contributed by atoms with Gasteiger partial charge in [0.1, 0.15) is 18.1 Å². The minimum atomic E-state index is -0.522. The molecule has 7 heteroatoms. The Labute approximate surface area is 204 Å². The van der Waals surface area contributed by atoms with Crippen LogP contribution in [0.3, 0.4) is 0 Å². The maximum atomic E-state index is 10.0. The molecule has 0 radical (unpaired) electrons. The van der Waals surface area contributed by atoms with Crippen molar-refractivity contribution in [2.45, 2.75) is 25.4 Å². The average Bonchev–Trinajstić information content (AvgIpc) is 2.80. The molecule has 2 aromatic carbocycles. The number of likely N-dealkylation sites (tertiary alicyclic amines) is 1. The molecule has 1 fully saturated rings. The van der Waals surface area contributed by atoms with Crippen LogP contribution in [0.1, 0.15) is 31.0 Å². The van der Waals surface area contributed by atoms with Gasteiger partial charge < -0.3 is 9.84 Å². The Kier molecular flexibility index (Phi) is 7.52. The molecule has 3 aromatic rings. The van der Waals surface area contributed by atoms with Crippen molar-refractivity contribution in [3.63, 3.8) is 0 Å². The molecule has 4 rings (SSSR count). The summed E-state index contributed by atoms with van der Waals surface area (Å²) in [5.74, 6) is 6.94. The molecule has 0 aliphatic carbocycles. The van der Waals surface area contributed by atoms with Crippen LogP contribution in [-0.4, -0.2) is 51.8 Å². The Bertz CT molecular complexity index is 1140. The van der Waals surface area contributed by atoms with Crippen LogP contribution in [0.5, 0.6) is 5.75 Å². The number of aromatic nitrogens is 2. The number of halogens is 2. The van der Waals surface area contributed by atoms with Gasteiger partial charge in [-0.1, -0.05) is 29.1 Å². The molecular weight excluding hydrogens is 457 g/mol. The van der Waals surface area contributed by atoms with Crippen LogP contribution in [0.4, 0.5) is 0 Å². The van der Waals surface area contributed by atoms with Crippen molar-refractivity contribution in [3.8, 4) is 28.8 Å². The van der Waals surface area contributed by atoms with Gasteiger partial charge >= 0.3 is 0 Å². The van der Waals surface area contributed by atoms with Crippen LogP contribution in [-0.2, 0) is 0 Å². The van der Waals surface area contributed by atoms with E-state index in [1.807, 2.05) is 37.3 Å². The molecule has 0 unspecified atom stereocenters. The molecule has 0 bridgehead atoms.